The number of aryl methyl sites for hydroxylation is 1. The van der Waals surface area contributed by atoms with Crippen molar-refractivity contribution in [3.05, 3.63) is 24.0 Å². The van der Waals surface area contributed by atoms with Crippen LogP contribution in [0.4, 0.5) is 0 Å². The Kier molecular flexibility index (Phi) is 2.98. The molecule has 2 rings (SSSR count). The van der Waals surface area contributed by atoms with E-state index in [0.29, 0.717) is 5.69 Å². The number of likely N-dealkylation sites (tertiary alicyclic amines) is 1. The Morgan fingerprint density at radius 1 is 1.44 bits per heavy atom. The van der Waals surface area contributed by atoms with Crippen molar-refractivity contribution in [2.45, 2.75) is 25.7 Å². The molecule has 2 atom stereocenters. The van der Waals surface area contributed by atoms with E-state index in [2.05, 4.69) is 0 Å². The first kappa shape index (κ1) is 11.2. The van der Waals surface area contributed by atoms with E-state index >= 15 is 0 Å². The van der Waals surface area contributed by atoms with Gasteiger partial charge in [0.15, 0.2) is 0 Å². The maximum atomic E-state index is 12.1. The van der Waals surface area contributed by atoms with E-state index < -0.39 is 12.2 Å². The summed E-state index contributed by atoms with van der Waals surface area (Å²) in [6.07, 6.45) is 0.193. The van der Waals surface area contributed by atoms with Crippen molar-refractivity contribution in [3.63, 3.8) is 0 Å². The number of β-amino-alcohol motifs (C(OH)–C–C–N with tert-alkyl or cyclic N) is 2. The van der Waals surface area contributed by atoms with Gasteiger partial charge in [0.1, 0.15) is 5.69 Å². The molecule has 5 heteroatoms. The number of carbonyl (C=O) groups excluding carboxylic acids is 1. The van der Waals surface area contributed by atoms with E-state index in [1.807, 2.05) is 23.8 Å². The van der Waals surface area contributed by atoms with Gasteiger partial charge in [-0.3, -0.25) is 4.79 Å². The summed E-state index contributed by atoms with van der Waals surface area (Å²) < 4.78 is 1.85. The number of carbonyl (C=O) groups is 1. The van der Waals surface area contributed by atoms with Gasteiger partial charge in [-0.1, -0.05) is 0 Å². The van der Waals surface area contributed by atoms with E-state index in [0.717, 1.165) is 6.54 Å². The molecule has 0 bridgehead atoms. The summed E-state index contributed by atoms with van der Waals surface area (Å²) in [5.74, 6) is -0.137. The zero-order chi connectivity index (χ0) is 11.7. The summed E-state index contributed by atoms with van der Waals surface area (Å²) in [7, 11) is 0. The van der Waals surface area contributed by atoms with Crippen molar-refractivity contribution in [1.82, 2.24) is 9.47 Å². The van der Waals surface area contributed by atoms with Gasteiger partial charge in [-0.05, 0) is 19.1 Å². The van der Waals surface area contributed by atoms with Crippen molar-refractivity contribution in [3.8, 4) is 0 Å². The van der Waals surface area contributed by atoms with Gasteiger partial charge in [-0.2, -0.15) is 0 Å². The molecule has 1 aromatic heterocycles. The monoisotopic (exact) mass is 224 g/mol. The van der Waals surface area contributed by atoms with Crippen LogP contribution in [-0.2, 0) is 6.54 Å². The fraction of sp³-hybridized carbons (Fsp3) is 0.545. The minimum Gasteiger partial charge on any atom is -0.388 e. The first-order chi connectivity index (χ1) is 7.63. The maximum Gasteiger partial charge on any atom is 0.270 e. The first-order valence-corrected chi connectivity index (χ1v) is 5.44. The van der Waals surface area contributed by atoms with Gasteiger partial charge < -0.3 is 19.7 Å². The number of aromatic nitrogens is 1. The predicted molar refractivity (Wildman–Crippen MR) is 58.0 cm³/mol. The van der Waals surface area contributed by atoms with Crippen LogP contribution in [0.3, 0.4) is 0 Å². The SMILES string of the molecule is CCn1cccc1C(=O)N1CC(O)C(O)C1. The first-order valence-electron chi connectivity index (χ1n) is 5.44. The van der Waals surface area contributed by atoms with Crippen molar-refractivity contribution in [2.24, 2.45) is 0 Å². The van der Waals surface area contributed by atoms with Crippen molar-refractivity contribution < 1.29 is 15.0 Å². The highest BCUT2D eigenvalue weighted by Gasteiger charge is 2.33. The quantitative estimate of drug-likeness (QED) is 0.724. The molecule has 1 fully saturated rings. The molecule has 0 aromatic carbocycles. The van der Waals surface area contributed by atoms with Crippen LogP contribution >= 0.6 is 0 Å². The van der Waals surface area contributed by atoms with Gasteiger partial charge in [0.2, 0.25) is 0 Å². The highest BCUT2D eigenvalue weighted by atomic mass is 16.3. The summed E-state index contributed by atoms with van der Waals surface area (Å²) in [5, 5.41) is 18.8. The molecule has 88 valence electrons. The molecule has 0 saturated carbocycles. The molecule has 0 spiro atoms. The minimum atomic E-state index is -0.825. The van der Waals surface area contributed by atoms with Crippen LogP contribution in [0.5, 0.6) is 0 Å². The van der Waals surface area contributed by atoms with Gasteiger partial charge in [0.05, 0.1) is 12.2 Å². The fourth-order valence-corrected chi connectivity index (χ4v) is 1.98. The molecule has 1 aliphatic rings. The number of hydrogen-bond donors (Lipinski definition) is 2. The number of nitrogens with zero attached hydrogens (tertiary/aromatic N) is 2. The van der Waals surface area contributed by atoms with Gasteiger partial charge >= 0.3 is 0 Å². The van der Waals surface area contributed by atoms with Crippen molar-refractivity contribution in [1.29, 1.82) is 0 Å². The predicted octanol–water partition coefficient (Wildman–Crippen LogP) is -0.314. The second-order valence-corrected chi connectivity index (χ2v) is 4.02. The molecular weight excluding hydrogens is 208 g/mol. The highest BCUT2D eigenvalue weighted by molar-refractivity contribution is 5.93. The summed E-state index contributed by atoms with van der Waals surface area (Å²) in [6.45, 7) is 3.10. The molecule has 1 saturated heterocycles. The number of amides is 1. The third-order valence-corrected chi connectivity index (χ3v) is 2.94. The van der Waals surface area contributed by atoms with Crippen molar-refractivity contribution >= 4 is 5.91 Å². The van der Waals surface area contributed by atoms with Crippen LogP contribution in [-0.4, -0.2) is 50.9 Å². The third kappa shape index (κ3) is 1.83. The molecule has 2 N–H and O–H groups in total. The molecule has 0 aliphatic carbocycles. The molecular formula is C11H16N2O3. The Labute approximate surface area is 93.9 Å². The second kappa shape index (κ2) is 4.27. The van der Waals surface area contributed by atoms with E-state index in [4.69, 9.17) is 0 Å². The normalized spacial score (nSPS) is 25.1. The molecule has 1 amide bonds. The Hall–Kier alpha value is -1.33. The topological polar surface area (TPSA) is 65.7 Å². The zero-order valence-electron chi connectivity index (χ0n) is 9.21. The van der Waals surface area contributed by atoms with Crippen LogP contribution in [0.1, 0.15) is 17.4 Å². The molecule has 1 aliphatic heterocycles. The zero-order valence-corrected chi connectivity index (χ0v) is 9.21. The van der Waals surface area contributed by atoms with E-state index in [1.54, 1.807) is 6.07 Å². The molecule has 5 nitrogen and oxygen atoms in total. The molecule has 2 unspecified atom stereocenters. The largest absolute Gasteiger partial charge is 0.388 e. The van der Waals surface area contributed by atoms with E-state index in [9.17, 15) is 15.0 Å². The van der Waals surface area contributed by atoms with E-state index in [1.165, 1.54) is 4.90 Å². The fourth-order valence-electron chi connectivity index (χ4n) is 1.98. The lowest BCUT2D eigenvalue weighted by molar-refractivity contribution is 0.0572. The number of aliphatic hydroxyl groups excluding tert-OH is 2. The van der Waals surface area contributed by atoms with Gasteiger partial charge in [-0.25, -0.2) is 0 Å². The molecule has 2 heterocycles. The summed E-state index contributed by atoms with van der Waals surface area (Å²) >= 11 is 0. The Bertz CT molecular complexity index is 378. The lowest BCUT2D eigenvalue weighted by atomic mass is 10.3. The van der Waals surface area contributed by atoms with Crippen LogP contribution in [0.2, 0.25) is 0 Å². The maximum absolute atomic E-state index is 12.1. The molecule has 0 radical (unpaired) electrons. The Balaban J connectivity index is 2.14. The van der Waals surface area contributed by atoms with Crippen LogP contribution in [0, 0.1) is 0 Å². The summed E-state index contributed by atoms with van der Waals surface area (Å²) in [6, 6.07) is 3.57. The smallest absolute Gasteiger partial charge is 0.270 e. The van der Waals surface area contributed by atoms with Crippen molar-refractivity contribution in [2.75, 3.05) is 13.1 Å². The Morgan fingerprint density at radius 2 is 2.06 bits per heavy atom. The average Bonchev–Trinajstić information content (AvgIpc) is 2.85. The standard InChI is InChI=1S/C11H16N2O3/c1-2-12-5-3-4-8(12)11(16)13-6-9(14)10(15)7-13/h3-5,9-10,14-15H,2,6-7H2,1H3. The van der Waals surface area contributed by atoms with Crippen LogP contribution in [0.25, 0.3) is 0 Å². The average molecular weight is 224 g/mol. The number of aliphatic hydroxyl groups is 2. The third-order valence-electron chi connectivity index (χ3n) is 2.94. The lowest BCUT2D eigenvalue weighted by Crippen LogP contribution is -2.31. The van der Waals surface area contributed by atoms with Gasteiger partial charge in [0.25, 0.3) is 5.91 Å². The number of hydrogen-bond acceptors (Lipinski definition) is 3. The van der Waals surface area contributed by atoms with Gasteiger partial charge in [-0.15, -0.1) is 0 Å². The number of rotatable bonds is 2. The molecule has 16 heavy (non-hydrogen) atoms. The summed E-state index contributed by atoms with van der Waals surface area (Å²) in [5.41, 5.74) is 0.601. The molecule has 1 aromatic rings. The summed E-state index contributed by atoms with van der Waals surface area (Å²) in [4.78, 5) is 13.5. The van der Waals surface area contributed by atoms with Crippen LogP contribution in [0.15, 0.2) is 18.3 Å². The van der Waals surface area contributed by atoms with Gasteiger partial charge in [0, 0.05) is 25.8 Å². The van der Waals surface area contributed by atoms with E-state index in [-0.39, 0.29) is 19.0 Å². The highest BCUT2D eigenvalue weighted by Crippen LogP contribution is 2.14. The second-order valence-electron chi connectivity index (χ2n) is 4.02. The Morgan fingerprint density at radius 3 is 2.62 bits per heavy atom. The van der Waals surface area contributed by atoms with Crippen LogP contribution < -0.4 is 0 Å². The minimum absolute atomic E-state index is 0.137. The lowest BCUT2D eigenvalue weighted by Gasteiger charge is -2.16.